The Kier molecular flexibility index (Phi) is 5.12. The monoisotopic (exact) mass is 459 g/mol. The minimum Gasteiger partial charge on any atom is -0.343 e. The third kappa shape index (κ3) is 4.06. The van der Waals surface area contributed by atoms with Gasteiger partial charge in [-0.15, -0.1) is 0 Å². The molecule has 12 heteroatoms. The van der Waals surface area contributed by atoms with Crippen LogP contribution in [0.4, 0.5) is 11.5 Å². The Morgan fingerprint density at radius 2 is 1.91 bits per heavy atom. The molecular weight excluding hydrogens is 437 g/mol. The van der Waals surface area contributed by atoms with E-state index < -0.39 is 37.9 Å². The fourth-order valence-electron chi connectivity index (χ4n) is 3.96. The summed E-state index contributed by atoms with van der Waals surface area (Å²) in [5, 5.41) is 8.41. The van der Waals surface area contributed by atoms with Crippen molar-refractivity contribution in [3.63, 3.8) is 0 Å². The molecule has 168 valence electrons. The highest BCUT2D eigenvalue weighted by Crippen LogP contribution is 2.45. The number of ether oxygens (including phenoxy) is 3. The summed E-state index contributed by atoms with van der Waals surface area (Å²) in [6.45, 7) is 3.55. The number of nitrogens with zero attached hydrogens (tertiary/aromatic N) is 4. The largest absolute Gasteiger partial charge is 0.348 e. The highest BCUT2D eigenvalue weighted by molar-refractivity contribution is 7.55. The third-order valence-electron chi connectivity index (χ3n) is 5.20. The van der Waals surface area contributed by atoms with Crippen molar-refractivity contribution in [3.05, 3.63) is 54.7 Å². The van der Waals surface area contributed by atoms with Gasteiger partial charge in [-0.2, -0.15) is 5.10 Å². The molecule has 2 saturated heterocycles. The zero-order valence-electron chi connectivity index (χ0n) is 17.3. The van der Waals surface area contributed by atoms with Crippen molar-refractivity contribution in [2.75, 3.05) is 5.32 Å². The van der Waals surface area contributed by atoms with E-state index in [-0.39, 0.29) is 0 Å². The average molecular weight is 459 g/mol. The smallest absolute Gasteiger partial charge is 0.343 e. The van der Waals surface area contributed by atoms with Crippen molar-refractivity contribution in [2.45, 2.75) is 44.2 Å². The molecule has 4 heterocycles. The van der Waals surface area contributed by atoms with Gasteiger partial charge in [-0.05, 0) is 32.1 Å². The van der Waals surface area contributed by atoms with Crippen LogP contribution in [0.5, 0.6) is 0 Å². The summed E-state index contributed by atoms with van der Waals surface area (Å²) < 4.78 is 31.0. The fourth-order valence-corrected chi connectivity index (χ4v) is 4.36. The van der Waals surface area contributed by atoms with Crippen molar-refractivity contribution in [3.8, 4) is 0 Å². The van der Waals surface area contributed by atoms with E-state index in [0.717, 1.165) is 11.5 Å². The summed E-state index contributed by atoms with van der Waals surface area (Å²) in [4.78, 5) is 27.2. The van der Waals surface area contributed by atoms with Crippen molar-refractivity contribution in [2.24, 2.45) is 0 Å². The second-order valence-corrected chi connectivity index (χ2v) is 9.50. The molecule has 0 bridgehead atoms. The summed E-state index contributed by atoms with van der Waals surface area (Å²) in [6.07, 6.45) is 1.80. The highest BCUT2D eigenvalue weighted by atomic mass is 31.2. The molecule has 2 fully saturated rings. The first-order valence-electron chi connectivity index (χ1n) is 9.96. The fraction of sp³-hybridized carbons (Fsp3) is 0.350. The standard InChI is InChI=1S/C20H22N5O6P/c1-20(2)30-15-14(8-9-32(26,27)28)29-19(16(15)31-20)25-18-13(10-23-25)17(21-11-22-18)24-12-6-4-3-5-7-12/h3-11,14-16,19H,1-2H3,(H,21,22,24)(H2,26,27,28)/b9-8+/t14-,15-,16-,19-/m1/s1. The van der Waals surface area contributed by atoms with Gasteiger partial charge in [0.25, 0.3) is 0 Å². The molecule has 2 aromatic heterocycles. The lowest BCUT2D eigenvalue weighted by atomic mass is 10.1. The summed E-state index contributed by atoms with van der Waals surface area (Å²) in [5.74, 6) is 0.518. The molecule has 1 aromatic carbocycles. The van der Waals surface area contributed by atoms with E-state index in [4.69, 9.17) is 14.2 Å². The Labute approximate surface area is 183 Å². The van der Waals surface area contributed by atoms with Crippen LogP contribution >= 0.6 is 7.60 Å². The van der Waals surface area contributed by atoms with Crippen LogP contribution in [0.1, 0.15) is 20.1 Å². The van der Waals surface area contributed by atoms with E-state index in [1.807, 2.05) is 30.3 Å². The number of anilines is 2. The van der Waals surface area contributed by atoms with E-state index in [1.54, 1.807) is 24.7 Å². The molecule has 0 saturated carbocycles. The molecule has 0 spiro atoms. The van der Waals surface area contributed by atoms with Crippen molar-refractivity contribution >= 4 is 30.1 Å². The SMILES string of the molecule is CC1(C)O[C@@H]2[C@H](O1)[C@@H](/C=C/P(=O)(O)O)O[C@H]2n1ncc2c(Nc3ccccc3)ncnc21. The van der Waals surface area contributed by atoms with E-state index in [0.29, 0.717) is 16.9 Å². The molecule has 2 aliphatic rings. The Morgan fingerprint density at radius 1 is 1.16 bits per heavy atom. The van der Waals surface area contributed by atoms with E-state index in [1.165, 1.54) is 12.4 Å². The summed E-state index contributed by atoms with van der Waals surface area (Å²) in [6, 6.07) is 9.61. The second-order valence-electron chi connectivity index (χ2n) is 8.03. The number of fused-ring (bicyclic) bond motifs is 2. The topological polar surface area (TPSA) is 141 Å². The van der Waals surface area contributed by atoms with Crippen LogP contribution < -0.4 is 5.32 Å². The van der Waals surface area contributed by atoms with Gasteiger partial charge in [-0.3, -0.25) is 4.57 Å². The molecule has 3 aromatic rings. The van der Waals surface area contributed by atoms with Crippen molar-refractivity contribution in [1.82, 2.24) is 19.7 Å². The minimum atomic E-state index is -4.35. The Morgan fingerprint density at radius 3 is 2.66 bits per heavy atom. The number of para-hydroxylation sites is 1. The maximum atomic E-state index is 11.3. The van der Waals surface area contributed by atoms with Gasteiger partial charge in [-0.1, -0.05) is 18.2 Å². The van der Waals surface area contributed by atoms with Gasteiger partial charge >= 0.3 is 7.60 Å². The number of aromatic nitrogens is 4. The van der Waals surface area contributed by atoms with E-state index in [2.05, 4.69) is 20.4 Å². The van der Waals surface area contributed by atoms with E-state index in [9.17, 15) is 14.4 Å². The van der Waals surface area contributed by atoms with Gasteiger partial charge in [0.2, 0.25) is 0 Å². The normalized spacial score (nSPS) is 27.2. The Balaban J connectivity index is 1.50. The Bertz CT molecular complexity index is 1210. The van der Waals surface area contributed by atoms with E-state index >= 15 is 0 Å². The van der Waals surface area contributed by atoms with Crippen LogP contribution in [-0.4, -0.2) is 53.6 Å². The molecule has 0 aliphatic carbocycles. The lowest BCUT2D eigenvalue weighted by molar-refractivity contribution is -0.192. The zero-order chi connectivity index (χ0) is 22.5. The molecular formula is C20H22N5O6P. The molecule has 0 unspecified atom stereocenters. The van der Waals surface area contributed by atoms with Crippen LogP contribution in [0.25, 0.3) is 11.0 Å². The first-order valence-corrected chi connectivity index (χ1v) is 11.6. The van der Waals surface area contributed by atoms with Crippen molar-refractivity contribution in [1.29, 1.82) is 0 Å². The lowest BCUT2D eigenvalue weighted by Crippen LogP contribution is -2.28. The zero-order valence-corrected chi connectivity index (χ0v) is 18.2. The molecule has 2 aliphatic heterocycles. The van der Waals surface area contributed by atoms with Crippen molar-refractivity contribution < 1.29 is 28.6 Å². The first kappa shape index (κ1) is 21.2. The van der Waals surface area contributed by atoms with Crippen LogP contribution in [0.2, 0.25) is 0 Å². The maximum Gasteiger partial charge on any atom is 0.348 e. The number of hydrogen-bond donors (Lipinski definition) is 3. The van der Waals surface area contributed by atoms with Crippen LogP contribution in [0.3, 0.4) is 0 Å². The predicted octanol–water partition coefficient (Wildman–Crippen LogP) is 2.68. The number of nitrogens with one attached hydrogen (secondary N) is 1. The Hall–Kier alpha value is -2.66. The summed E-state index contributed by atoms with van der Waals surface area (Å²) >= 11 is 0. The lowest BCUT2D eigenvalue weighted by Gasteiger charge is -2.23. The molecule has 0 radical (unpaired) electrons. The van der Waals surface area contributed by atoms with Crippen LogP contribution in [-0.2, 0) is 18.8 Å². The first-order chi connectivity index (χ1) is 15.2. The van der Waals surface area contributed by atoms with Gasteiger partial charge in [-0.25, -0.2) is 14.6 Å². The number of hydrogen-bond acceptors (Lipinski definition) is 8. The number of rotatable bonds is 5. The van der Waals surface area contributed by atoms with Crippen LogP contribution in [0, 0.1) is 0 Å². The maximum absolute atomic E-state index is 11.3. The molecule has 0 amide bonds. The molecule has 5 rings (SSSR count). The number of benzene rings is 1. The molecule has 32 heavy (non-hydrogen) atoms. The molecule has 3 N–H and O–H groups in total. The van der Waals surface area contributed by atoms with Gasteiger partial charge < -0.3 is 29.3 Å². The highest BCUT2D eigenvalue weighted by Gasteiger charge is 2.56. The van der Waals surface area contributed by atoms with Gasteiger partial charge in [0, 0.05) is 11.5 Å². The predicted molar refractivity (Wildman–Crippen MR) is 114 cm³/mol. The third-order valence-corrected chi connectivity index (χ3v) is 5.76. The van der Waals surface area contributed by atoms with Crippen LogP contribution in [0.15, 0.2) is 54.7 Å². The van der Waals surface area contributed by atoms with Gasteiger partial charge in [0.15, 0.2) is 17.7 Å². The van der Waals surface area contributed by atoms with Gasteiger partial charge in [0.1, 0.15) is 30.5 Å². The second kappa shape index (κ2) is 7.73. The molecule has 11 nitrogen and oxygen atoms in total. The summed E-state index contributed by atoms with van der Waals surface area (Å²) in [5.41, 5.74) is 1.39. The quantitative estimate of drug-likeness (QED) is 0.488. The molecule has 4 atom stereocenters. The average Bonchev–Trinajstić information content (AvgIpc) is 3.38. The minimum absolute atomic E-state index is 0.523. The summed E-state index contributed by atoms with van der Waals surface area (Å²) in [7, 11) is -4.35. The van der Waals surface area contributed by atoms with Gasteiger partial charge in [0.05, 0.1) is 11.6 Å².